The van der Waals surface area contributed by atoms with Crippen LogP contribution >= 0.6 is 11.6 Å². The van der Waals surface area contributed by atoms with Crippen molar-refractivity contribution in [2.45, 2.75) is 19.3 Å². The van der Waals surface area contributed by atoms with Crippen molar-refractivity contribution >= 4 is 17.5 Å². The zero-order chi connectivity index (χ0) is 16.2. The van der Waals surface area contributed by atoms with Gasteiger partial charge in [0, 0.05) is 31.2 Å². The number of likely N-dealkylation sites (tertiary alicyclic amines) is 1. The zero-order valence-corrected chi connectivity index (χ0v) is 13.4. The molecule has 23 heavy (non-hydrogen) atoms. The quantitative estimate of drug-likeness (QED) is 0.939. The lowest BCUT2D eigenvalue weighted by atomic mass is 9.93. The van der Waals surface area contributed by atoms with E-state index in [9.17, 15) is 9.59 Å². The van der Waals surface area contributed by atoms with E-state index in [0.29, 0.717) is 18.0 Å². The Morgan fingerprint density at radius 3 is 3.04 bits per heavy atom. The lowest BCUT2D eigenvalue weighted by Crippen LogP contribution is -2.40. The van der Waals surface area contributed by atoms with Crippen molar-refractivity contribution in [3.05, 3.63) is 63.3 Å². The fourth-order valence-electron chi connectivity index (χ4n) is 2.99. The van der Waals surface area contributed by atoms with E-state index in [0.717, 1.165) is 31.5 Å². The molecule has 0 spiro atoms. The Kier molecular flexibility index (Phi) is 4.76. The maximum atomic E-state index is 12.6. The van der Waals surface area contributed by atoms with E-state index in [2.05, 4.69) is 9.97 Å². The lowest BCUT2D eigenvalue weighted by Gasteiger charge is -2.32. The van der Waals surface area contributed by atoms with Crippen LogP contribution in [0.5, 0.6) is 0 Å². The fourth-order valence-corrected chi connectivity index (χ4v) is 3.16. The third kappa shape index (κ3) is 3.79. The van der Waals surface area contributed by atoms with Gasteiger partial charge < -0.3 is 9.88 Å². The van der Waals surface area contributed by atoms with Gasteiger partial charge in [-0.3, -0.25) is 14.6 Å². The summed E-state index contributed by atoms with van der Waals surface area (Å²) < 4.78 is 0. The smallest absolute Gasteiger partial charge is 0.266 e. The minimum atomic E-state index is -0.380. The van der Waals surface area contributed by atoms with Gasteiger partial charge in [0.15, 0.2) is 0 Å². The molecular formula is C17H18ClN3O2. The SMILES string of the molecule is O=C(c1c[nH]c(=O)c(Cl)c1)N1CCCC(Cc2ccccn2)C1. The Hall–Kier alpha value is -2.14. The molecule has 0 radical (unpaired) electrons. The summed E-state index contributed by atoms with van der Waals surface area (Å²) in [4.78, 5) is 32.6. The molecule has 1 saturated heterocycles. The van der Waals surface area contributed by atoms with E-state index in [1.807, 2.05) is 23.1 Å². The Morgan fingerprint density at radius 2 is 2.30 bits per heavy atom. The van der Waals surface area contributed by atoms with Crippen molar-refractivity contribution < 1.29 is 4.79 Å². The van der Waals surface area contributed by atoms with E-state index in [-0.39, 0.29) is 16.5 Å². The maximum absolute atomic E-state index is 12.6. The number of hydrogen-bond acceptors (Lipinski definition) is 3. The normalized spacial score (nSPS) is 18.0. The average Bonchev–Trinajstić information content (AvgIpc) is 2.58. The first-order valence-corrected chi connectivity index (χ1v) is 8.08. The third-order valence-electron chi connectivity index (χ3n) is 4.14. The molecule has 1 aliphatic heterocycles. The van der Waals surface area contributed by atoms with Crippen molar-refractivity contribution in [3.63, 3.8) is 0 Å². The standard InChI is InChI=1S/C17H18ClN3O2/c18-15-9-13(10-20-16(15)22)17(23)21-7-3-4-12(11-21)8-14-5-1-2-6-19-14/h1-2,5-6,9-10,12H,3-4,7-8,11H2,(H,20,22). The third-order valence-corrected chi connectivity index (χ3v) is 4.42. The predicted molar refractivity (Wildman–Crippen MR) is 88.6 cm³/mol. The van der Waals surface area contributed by atoms with Crippen LogP contribution in [0.25, 0.3) is 0 Å². The molecule has 1 unspecified atom stereocenters. The van der Waals surface area contributed by atoms with Gasteiger partial charge in [0.2, 0.25) is 0 Å². The molecule has 1 fully saturated rings. The number of piperidine rings is 1. The fraction of sp³-hybridized carbons (Fsp3) is 0.353. The second-order valence-corrected chi connectivity index (χ2v) is 6.26. The summed E-state index contributed by atoms with van der Waals surface area (Å²) >= 11 is 5.81. The van der Waals surface area contributed by atoms with Crippen LogP contribution in [-0.2, 0) is 6.42 Å². The zero-order valence-electron chi connectivity index (χ0n) is 12.7. The first-order chi connectivity index (χ1) is 11.1. The van der Waals surface area contributed by atoms with Crippen LogP contribution in [0, 0.1) is 5.92 Å². The Balaban J connectivity index is 1.69. The van der Waals surface area contributed by atoms with Gasteiger partial charge in [0.05, 0.1) is 5.56 Å². The second-order valence-electron chi connectivity index (χ2n) is 5.85. The van der Waals surface area contributed by atoms with E-state index in [1.54, 1.807) is 6.20 Å². The minimum Gasteiger partial charge on any atom is -0.338 e. The summed E-state index contributed by atoms with van der Waals surface area (Å²) in [5.74, 6) is 0.315. The Bertz CT molecular complexity index is 745. The summed E-state index contributed by atoms with van der Waals surface area (Å²) in [5, 5.41) is 0.0397. The van der Waals surface area contributed by atoms with Crippen molar-refractivity contribution in [3.8, 4) is 0 Å². The van der Waals surface area contributed by atoms with Crippen LogP contribution in [0.2, 0.25) is 5.02 Å². The number of aromatic amines is 1. The maximum Gasteiger partial charge on any atom is 0.266 e. The van der Waals surface area contributed by atoms with Gasteiger partial charge in [-0.05, 0) is 43.4 Å². The molecule has 2 aromatic rings. The van der Waals surface area contributed by atoms with Crippen molar-refractivity contribution in [2.24, 2.45) is 5.92 Å². The molecule has 5 nitrogen and oxygen atoms in total. The second kappa shape index (κ2) is 6.96. The van der Waals surface area contributed by atoms with Gasteiger partial charge in [-0.1, -0.05) is 17.7 Å². The van der Waals surface area contributed by atoms with Crippen LogP contribution in [-0.4, -0.2) is 33.9 Å². The predicted octanol–water partition coefficient (Wildman–Crippen LogP) is 2.52. The molecule has 0 saturated carbocycles. The van der Waals surface area contributed by atoms with Crippen molar-refractivity contribution in [1.82, 2.24) is 14.9 Å². The summed E-state index contributed by atoms with van der Waals surface area (Å²) in [6.07, 6.45) is 6.16. The minimum absolute atomic E-state index is 0.0397. The highest BCUT2D eigenvalue weighted by Gasteiger charge is 2.25. The van der Waals surface area contributed by atoms with Crippen LogP contribution < -0.4 is 5.56 Å². The van der Waals surface area contributed by atoms with Crippen LogP contribution in [0.1, 0.15) is 28.9 Å². The monoisotopic (exact) mass is 331 g/mol. The van der Waals surface area contributed by atoms with Crippen molar-refractivity contribution in [1.29, 1.82) is 0 Å². The molecule has 0 bridgehead atoms. The Labute approximate surface area is 139 Å². The highest BCUT2D eigenvalue weighted by Crippen LogP contribution is 2.21. The molecule has 3 heterocycles. The molecule has 1 aliphatic rings. The van der Waals surface area contributed by atoms with E-state index < -0.39 is 0 Å². The van der Waals surface area contributed by atoms with E-state index in [4.69, 9.17) is 11.6 Å². The summed E-state index contributed by atoms with van der Waals surface area (Å²) in [5.41, 5.74) is 1.10. The van der Waals surface area contributed by atoms with Gasteiger partial charge >= 0.3 is 0 Å². The molecule has 120 valence electrons. The van der Waals surface area contributed by atoms with Crippen LogP contribution in [0.4, 0.5) is 0 Å². The molecule has 6 heteroatoms. The topological polar surface area (TPSA) is 66.1 Å². The number of nitrogens with one attached hydrogen (secondary N) is 1. The van der Waals surface area contributed by atoms with Gasteiger partial charge in [-0.15, -0.1) is 0 Å². The summed E-state index contributed by atoms with van der Waals surface area (Å²) in [6, 6.07) is 7.34. The number of hydrogen-bond donors (Lipinski definition) is 1. The van der Waals surface area contributed by atoms with Gasteiger partial charge in [-0.25, -0.2) is 0 Å². The number of pyridine rings is 2. The Morgan fingerprint density at radius 1 is 1.43 bits per heavy atom. The summed E-state index contributed by atoms with van der Waals surface area (Å²) in [6.45, 7) is 1.43. The first-order valence-electron chi connectivity index (χ1n) is 7.71. The number of H-pyrrole nitrogens is 1. The molecule has 0 aromatic carbocycles. The highest BCUT2D eigenvalue weighted by atomic mass is 35.5. The number of nitrogens with zero attached hydrogens (tertiary/aromatic N) is 2. The van der Waals surface area contributed by atoms with Crippen LogP contribution in [0.15, 0.2) is 41.5 Å². The van der Waals surface area contributed by atoms with Crippen molar-refractivity contribution in [2.75, 3.05) is 13.1 Å². The van der Waals surface area contributed by atoms with Gasteiger partial charge in [-0.2, -0.15) is 0 Å². The molecule has 1 amide bonds. The highest BCUT2D eigenvalue weighted by molar-refractivity contribution is 6.30. The number of carbonyl (C=O) groups is 1. The largest absolute Gasteiger partial charge is 0.338 e. The average molecular weight is 332 g/mol. The lowest BCUT2D eigenvalue weighted by molar-refractivity contribution is 0.0672. The first kappa shape index (κ1) is 15.7. The molecule has 1 atom stereocenters. The molecule has 1 N–H and O–H groups in total. The van der Waals surface area contributed by atoms with E-state index >= 15 is 0 Å². The van der Waals surface area contributed by atoms with Crippen LogP contribution in [0.3, 0.4) is 0 Å². The van der Waals surface area contributed by atoms with E-state index in [1.165, 1.54) is 12.3 Å². The molecule has 0 aliphatic carbocycles. The van der Waals surface area contributed by atoms with Gasteiger partial charge in [0.1, 0.15) is 5.02 Å². The molecule has 2 aromatic heterocycles. The van der Waals surface area contributed by atoms with Gasteiger partial charge in [0.25, 0.3) is 11.5 Å². The molecule has 3 rings (SSSR count). The number of rotatable bonds is 3. The molecular weight excluding hydrogens is 314 g/mol. The number of amides is 1. The summed E-state index contributed by atoms with van der Waals surface area (Å²) in [7, 11) is 0. The number of aromatic nitrogens is 2. The number of carbonyl (C=O) groups excluding carboxylic acids is 1. The number of halogens is 1.